The lowest BCUT2D eigenvalue weighted by Crippen LogP contribution is -2.21. The molecule has 5 heteroatoms. The Balaban J connectivity index is 2.16. The van der Waals surface area contributed by atoms with Crippen LogP contribution in [0.25, 0.3) is 5.69 Å². The summed E-state index contributed by atoms with van der Waals surface area (Å²) in [5.74, 6) is 0. The molecule has 0 aliphatic carbocycles. The second kappa shape index (κ2) is 5.59. The summed E-state index contributed by atoms with van der Waals surface area (Å²) in [4.78, 5) is 0. The van der Waals surface area contributed by atoms with Gasteiger partial charge in [-0.3, -0.25) is 0 Å². The van der Waals surface area contributed by atoms with Crippen molar-refractivity contribution in [3.63, 3.8) is 0 Å². The van der Waals surface area contributed by atoms with Crippen LogP contribution in [0.1, 0.15) is 19.5 Å². The standard InChI is InChI=1S/C12H15IN4/c1-9(2)14-7-10-8-17(16-15-10)12-6-4-3-5-11(12)13/h3-6,8-9,14H,7H2,1-2H3. The van der Waals surface area contributed by atoms with Crippen LogP contribution < -0.4 is 5.32 Å². The minimum atomic E-state index is 0.456. The van der Waals surface area contributed by atoms with E-state index in [-0.39, 0.29) is 0 Å². The minimum Gasteiger partial charge on any atom is -0.309 e. The van der Waals surface area contributed by atoms with Crippen LogP contribution in [0.3, 0.4) is 0 Å². The molecule has 0 aliphatic heterocycles. The Labute approximate surface area is 115 Å². The van der Waals surface area contributed by atoms with Gasteiger partial charge in [0.2, 0.25) is 0 Å². The number of para-hydroxylation sites is 1. The van der Waals surface area contributed by atoms with E-state index in [2.05, 4.69) is 58.1 Å². The Morgan fingerprint density at radius 3 is 2.82 bits per heavy atom. The summed E-state index contributed by atoms with van der Waals surface area (Å²) < 4.78 is 2.98. The summed E-state index contributed by atoms with van der Waals surface area (Å²) >= 11 is 2.30. The molecule has 1 aromatic carbocycles. The molecule has 0 spiro atoms. The molecule has 2 aromatic rings. The third-order valence-electron chi connectivity index (χ3n) is 2.33. The molecule has 1 aromatic heterocycles. The van der Waals surface area contributed by atoms with Crippen LogP contribution in [0.2, 0.25) is 0 Å². The van der Waals surface area contributed by atoms with Crippen molar-refractivity contribution < 1.29 is 0 Å². The zero-order valence-corrected chi connectivity index (χ0v) is 12.0. The van der Waals surface area contributed by atoms with Crippen LogP contribution in [0.5, 0.6) is 0 Å². The van der Waals surface area contributed by atoms with Crippen molar-refractivity contribution in [1.82, 2.24) is 20.3 Å². The Morgan fingerprint density at radius 2 is 2.12 bits per heavy atom. The molecule has 0 radical (unpaired) electrons. The molecule has 1 N–H and O–H groups in total. The van der Waals surface area contributed by atoms with Gasteiger partial charge in [0.1, 0.15) is 0 Å². The molecular weight excluding hydrogens is 327 g/mol. The van der Waals surface area contributed by atoms with Gasteiger partial charge in [0.15, 0.2) is 0 Å². The van der Waals surface area contributed by atoms with Gasteiger partial charge < -0.3 is 5.32 Å². The van der Waals surface area contributed by atoms with Gasteiger partial charge in [-0.05, 0) is 34.7 Å². The topological polar surface area (TPSA) is 42.7 Å². The molecule has 0 unspecified atom stereocenters. The molecule has 4 nitrogen and oxygen atoms in total. The number of hydrogen-bond acceptors (Lipinski definition) is 3. The van der Waals surface area contributed by atoms with Gasteiger partial charge in [-0.15, -0.1) is 5.10 Å². The van der Waals surface area contributed by atoms with E-state index in [9.17, 15) is 0 Å². The van der Waals surface area contributed by atoms with Gasteiger partial charge >= 0.3 is 0 Å². The van der Waals surface area contributed by atoms with E-state index in [0.29, 0.717) is 6.04 Å². The van der Waals surface area contributed by atoms with Gasteiger partial charge in [-0.1, -0.05) is 31.2 Å². The fraction of sp³-hybridized carbons (Fsp3) is 0.333. The third kappa shape index (κ3) is 3.26. The Morgan fingerprint density at radius 1 is 1.35 bits per heavy atom. The van der Waals surface area contributed by atoms with Crippen molar-refractivity contribution in [3.8, 4) is 5.69 Å². The maximum absolute atomic E-state index is 4.15. The zero-order valence-electron chi connectivity index (χ0n) is 9.89. The van der Waals surface area contributed by atoms with E-state index in [1.54, 1.807) is 0 Å². The average molecular weight is 342 g/mol. The number of hydrogen-bond donors (Lipinski definition) is 1. The maximum atomic E-state index is 4.15. The van der Waals surface area contributed by atoms with E-state index in [4.69, 9.17) is 0 Å². The second-order valence-electron chi connectivity index (χ2n) is 4.14. The Kier molecular flexibility index (Phi) is 4.11. The molecule has 90 valence electrons. The van der Waals surface area contributed by atoms with E-state index >= 15 is 0 Å². The number of rotatable bonds is 4. The third-order valence-corrected chi connectivity index (χ3v) is 3.24. The summed E-state index contributed by atoms with van der Waals surface area (Å²) in [6.07, 6.45) is 1.97. The Bertz CT molecular complexity index is 493. The monoisotopic (exact) mass is 342 g/mol. The van der Waals surface area contributed by atoms with Gasteiger partial charge in [0, 0.05) is 16.2 Å². The van der Waals surface area contributed by atoms with E-state index in [0.717, 1.165) is 17.9 Å². The first kappa shape index (κ1) is 12.5. The highest BCUT2D eigenvalue weighted by Crippen LogP contribution is 2.15. The van der Waals surface area contributed by atoms with Crippen LogP contribution in [0, 0.1) is 3.57 Å². The zero-order chi connectivity index (χ0) is 12.3. The number of nitrogens with one attached hydrogen (secondary N) is 1. The van der Waals surface area contributed by atoms with Crippen LogP contribution >= 0.6 is 22.6 Å². The number of halogens is 1. The molecule has 2 rings (SSSR count). The van der Waals surface area contributed by atoms with Crippen molar-refractivity contribution >= 4 is 22.6 Å². The normalized spacial score (nSPS) is 11.1. The lowest BCUT2D eigenvalue weighted by Gasteiger charge is -2.04. The van der Waals surface area contributed by atoms with Crippen molar-refractivity contribution in [2.45, 2.75) is 26.4 Å². The van der Waals surface area contributed by atoms with Crippen molar-refractivity contribution in [2.75, 3.05) is 0 Å². The molecule has 0 saturated carbocycles. The Hall–Kier alpha value is -0.950. The molecular formula is C12H15IN4. The largest absolute Gasteiger partial charge is 0.309 e. The highest BCUT2D eigenvalue weighted by atomic mass is 127. The van der Waals surface area contributed by atoms with Crippen LogP contribution in [0.4, 0.5) is 0 Å². The first-order chi connectivity index (χ1) is 8.16. The molecule has 0 atom stereocenters. The second-order valence-corrected chi connectivity index (χ2v) is 5.30. The SMILES string of the molecule is CC(C)NCc1cn(-c2ccccc2I)nn1. The predicted octanol–water partition coefficient (Wildman–Crippen LogP) is 2.37. The first-order valence-corrected chi connectivity index (χ1v) is 6.64. The summed E-state index contributed by atoms with van der Waals surface area (Å²) in [6.45, 7) is 4.98. The van der Waals surface area contributed by atoms with Crippen molar-refractivity contribution in [2.24, 2.45) is 0 Å². The average Bonchev–Trinajstić information content (AvgIpc) is 2.75. The molecule has 0 aliphatic rings. The van der Waals surface area contributed by atoms with E-state index in [1.165, 1.54) is 3.57 Å². The molecule has 0 fully saturated rings. The van der Waals surface area contributed by atoms with Gasteiger partial charge in [0.05, 0.1) is 17.6 Å². The number of nitrogens with zero attached hydrogens (tertiary/aromatic N) is 3. The van der Waals surface area contributed by atoms with Gasteiger partial charge in [-0.2, -0.15) is 0 Å². The molecule has 17 heavy (non-hydrogen) atoms. The fourth-order valence-corrected chi connectivity index (χ4v) is 2.08. The van der Waals surface area contributed by atoms with Crippen molar-refractivity contribution in [1.29, 1.82) is 0 Å². The summed E-state index contributed by atoms with van der Waals surface area (Å²) in [5.41, 5.74) is 2.02. The lowest BCUT2D eigenvalue weighted by atomic mass is 10.3. The van der Waals surface area contributed by atoms with Crippen LogP contribution in [-0.4, -0.2) is 21.0 Å². The maximum Gasteiger partial charge on any atom is 0.0969 e. The molecule has 0 saturated heterocycles. The highest BCUT2D eigenvalue weighted by Gasteiger charge is 2.05. The molecule has 0 amide bonds. The van der Waals surface area contributed by atoms with Gasteiger partial charge in [-0.25, -0.2) is 4.68 Å². The highest BCUT2D eigenvalue weighted by molar-refractivity contribution is 14.1. The van der Waals surface area contributed by atoms with E-state index < -0.39 is 0 Å². The molecule has 1 heterocycles. The minimum absolute atomic E-state index is 0.456. The number of benzene rings is 1. The predicted molar refractivity (Wildman–Crippen MR) is 76.1 cm³/mol. The summed E-state index contributed by atoms with van der Waals surface area (Å²) in [6, 6.07) is 8.57. The van der Waals surface area contributed by atoms with Crippen LogP contribution in [-0.2, 0) is 6.54 Å². The molecule has 0 bridgehead atoms. The first-order valence-electron chi connectivity index (χ1n) is 5.56. The van der Waals surface area contributed by atoms with Crippen molar-refractivity contribution in [3.05, 3.63) is 39.7 Å². The smallest absolute Gasteiger partial charge is 0.0969 e. The van der Waals surface area contributed by atoms with Crippen LogP contribution in [0.15, 0.2) is 30.5 Å². The summed E-state index contributed by atoms with van der Waals surface area (Å²) in [7, 11) is 0. The number of aromatic nitrogens is 3. The van der Waals surface area contributed by atoms with Gasteiger partial charge in [0.25, 0.3) is 0 Å². The quantitative estimate of drug-likeness (QED) is 0.868. The lowest BCUT2D eigenvalue weighted by molar-refractivity contribution is 0.580. The van der Waals surface area contributed by atoms with E-state index in [1.807, 2.05) is 29.1 Å². The fourth-order valence-electron chi connectivity index (χ4n) is 1.44. The summed E-state index contributed by atoms with van der Waals surface area (Å²) in [5, 5.41) is 11.6.